The van der Waals surface area contributed by atoms with Gasteiger partial charge in [0.05, 0.1) is 16.3 Å². The fraction of sp³-hybridized carbons (Fsp3) is 0.167. The molecular formula is C18H17N3O2. The summed E-state index contributed by atoms with van der Waals surface area (Å²) < 4.78 is 1.89. The molecule has 1 aromatic heterocycles. The molecule has 0 bridgehead atoms. The Balaban J connectivity index is 2.15. The van der Waals surface area contributed by atoms with Crippen molar-refractivity contribution < 1.29 is 4.92 Å². The van der Waals surface area contributed by atoms with Gasteiger partial charge < -0.3 is 0 Å². The lowest BCUT2D eigenvalue weighted by Crippen LogP contribution is -1.99. The van der Waals surface area contributed by atoms with Crippen LogP contribution in [0, 0.1) is 30.9 Å². The summed E-state index contributed by atoms with van der Waals surface area (Å²) in [4.78, 5) is 10.6. The van der Waals surface area contributed by atoms with Gasteiger partial charge in [0.1, 0.15) is 0 Å². The SMILES string of the molecule is Cc1cccc(-n2nc(C)c(-c3cccc([N+](=O)[O-])c3)c2C)c1. The van der Waals surface area contributed by atoms with E-state index in [2.05, 4.69) is 11.2 Å². The molecule has 116 valence electrons. The minimum Gasteiger partial charge on any atom is -0.258 e. The van der Waals surface area contributed by atoms with Crippen LogP contribution in [-0.4, -0.2) is 14.7 Å². The van der Waals surface area contributed by atoms with Crippen molar-refractivity contribution >= 4 is 5.69 Å². The van der Waals surface area contributed by atoms with E-state index in [0.717, 1.165) is 33.8 Å². The number of rotatable bonds is 3. The molecular weight excluding hydrogens is 290 g/mol. The molecule has 0 saturated heterocycles. The first-order chi connectivity index (χ1) is 11.0. The fourth-order valence-corrected chi connectivity index (χ4v) is 2.85. The monoisotopic (exact) mass is 307 g/mol. The quantitative estimate of drug-likeness (QED) is 0.533. The number of hydrogen-bond donors (Lipinski definition) is 0. The summed E-state index contributed by atoms with van der Waals surface area (Å²) in [6.45, 7) is 5.95. The van der Waals surface area contributed by atoms with Gasteiger partial charge in [-0.2, -0.15) is 5.10 Å². The Morgan fingerprint density at radius 3 is 2.48 bits per heavy atom. The maximum absolute atomic E-state index is 11.0. The lowest BCUT2D eigenvalue weighted by molar-refractivity contribution is -0.384. The zero-order valence-corrected chi connectivity index (χ0v) is 13.3. The highest BCUT2D eigenvalue weighted by Crippen LogP contribution is 2.30. The van der Waals surface area contributed by atoms with Gasteiger partial charge in [0.25, 0.3) is 5.69 Å². The van der Waals surface area contributed by atoms with Crippen LogP contribution in [0.1, 0.15) is 17.0 Å². The van der Waals surface area contributed by atoms with Crippen LogP contribution in [0.25, 0.3) is 16.8 Å². The third kappa shape index (κ3) is 2.73. The van der Waals surface area contributed by atoms with E-state index in [0.29, 0.717) is 0 Å². The largest absolute Gasteiger partial charge is 0.270 e. The smallest absolute Gasteiger partial charge is 0.258 e. The van der Waals surface area contributed by atoms with Crippen LogP contribution in [0.4, 0.5) is 5.69 Å². The molecule has 23 heavy (non-hydrogen) atoms. The van der Waals surface area contributed by atoms with E-state index in [9.17, 15) is 10.1 Å². The second-order valence-corrected chi connectivity index (χ2v) is 5.60. The number of non-ortho nitro benzene ring substituents is 1. The van der Waals surface area contributed by atoms with Gasteiger partial charge in [-0.15, -0.1) is 0 Å². The van der Waals surface area contributed by atoms with E-state index in [-0.39, 0.29) is 10.6 Å². The van der Waals surface area contributed by atoms with Crippen LogP contribution < -0.4 is 0 Å². The molecule has 0 radical (unpaired) electrons. The summed E-state index contributed by atoms with van der Waals surface area (Å²) in [6, 6.07) is 14.8. The van der Waals surface area contributed by atoms with Crippen LogP contribution in [0.15, 0.2) is 48.5 Å². The molecule has 0 aliphatic rings. The van der Waals surface area contributed by atoms with Gasteiger partial charge in [-0.05, 0) is 44.0 Å². The number of aryl methyl sites for hydroxylation is 2. The van der Waals surface area contributed by atoms with Crippen molar-refractivity contribution in [2.75, 3.05) is 0 Å². The van der Waals surface area contributed by atoms with Gasteiger partial charge in [-0.25, -0.2) is 4.68 Å². The number of hydrogen-bond acceptors (Lipinski definition) is 3. The molecule has 0 unspecified atom stereocenters. The summed E-state index contributed by atoms with van der Waals surface area (Å²) in [7, 11) is 0. The molecule has 1 heterocycles. The predicted octanol–water partition coefficient (Wildman–Crippen LogP) is 4.37. The summed E-state index contributed by atoms with van der Waals surface area (Å²) in [5, 5.41) is 15.6. The van der Waals surface area contributed by atoms with Crippen molar-refractivity contribution in [3.05, 3.63) is 75.6 Å². The first-order valence-corrected chi connectivity index (χ1v) is 7.35. The zero-order valence-electron chi connectivity index (χ0n) is 13.3. The standard InChI is InChI=1S/C18H17N3O2/c1-12-6-4-8-16(10-12)20-14(3)18(13(2)19-20)15-7-5-9-17(11-15)21(22)23/h4-11H,1-3H3. The van der Waals surface area contributed by atoms with Gasteiger partial charge in [-0.1, -0.05) is 24.3 Å². The summed E-state index contributed by atoms with van der Waals surface area (Å²) in [5.41, 5.74) is 5.81. The highest BCUT2D eigenvalue weighted by molar-refractivity contribution is 5.71. The Labute approximate surface area is 134 Å². The normalized spacial score (nSPS) is 10.7. The third-order valence-corrected chi connectivity index (χ3v) is 3.88. The molecule has 0 saturated carbocycles. The van der Waals surface area contributed by atoms with Gasteiger partial charge >= 0.3 is 0 Å². The predicted molar refractivity (Wildman–Crippen MR) is 89.9 cm³/mol. The first-order valence-electron chi connectivity index (χ1n) is 7.35. The molecule has 3 rings (SSSR count). The maximum atomic E-state index is 11.0. The van der Waals surface area contributed by atoms with Gasteiger partial charge in [0.2, 0.25) is 0 Å². The highest BCUT2D eigenvalue weighted by atomic mass is 16.6. The Bertz CT molecular complexity index is 897. The molecule has 2 aromatic carbocycles. The van der Waals surface area contributed by atoms with Crippen molar-refractivity contribution in [2.24, 2.45) is 0 Å². The molecule has 0 spiro atoms. The summed E-state index contributed by atoms with van der Waals surface area (Å²) in [5.74, 6) is 0. The second-order valence-electron chi connectivity index (χ2n) is 5.60. The topological polar surface area (TPSA) is 61.0 Å². The Hall–Kier alpha value is -2.95. The van der Waals surface area contributed by atoms with Crippen LogP contribution in [0.3, 0.4) is 0 Å². The Morgan fingerprint density at radius 2 is 1.78 bits per heavy atom. The minimum atomic E-state index is -0.376. The van der Waals surface area contributed by atoms with Gasteiger partial charge in [0, 0.05) is 23.4 Å². The summed E-state index contributed by atoms with van der Waals surface area (Å²) in [6.07, 6.45) is 0. The Kier molecular flexibility index (Phi) is 3.70. The van der Waals surface area contributed by atoms with Gasteiger partial charge in [0.15, 0.2) is 0 Å². The molecule has 0 aliphatic heterocycles. The van der Waals surface area contributed by atoms with Crippen molar-refractivity contribution in [2.45, 2.75) is 20.8 Å². The van der Waals surface area contributed by atoms with E-state index in [1.165, 1.54) is 6.07 Å². The summed E-state index contributed by atoms with van der Waals surface area (Å²) >= 11 is 0. The fourth-order valence-electron chi connectivity index (χ4n) is 2.85. The highest BCUT2D eigenvalue weighted by Gasteiger charge is 2.16. The third-order valence-electron chi connectivity index (χ3n) is 3.88. The molecule has 5 nitrogen and oxygen atoms in total. The molecule has 0 N–H and O–H groups in total. The molecule has 3 aromatic rings. The van der Waals surface area contributed by atoms with Crippen LogP contribution in [0.5, 0.6) is 0 Å². The molecule has 5 heteroatoms. The van der Waals surface area contributed by atoms with E-state index in [1.807, 2.05) is 49.7 Å². The van der Waals surface area contributed by atoms with Crippen molar-refractivity contribution in [3.63, 3.8) is 0 Å². The lowest BCUT2D eigenvalue weighted by atomic mass is 10.0. The zero-order chi connectivity index (χ0) is 16.6. The van der Waals surface area contributed by atoms with E-state index < -0.39 is 0 Å². The van der Waals surface area contributed by atoms with E-state index in [4.69, 9.17) is 0 Å². The number of nitro benzene ring substituents is 1. The minimum absolute atomic E-state index is 0.0876. The lowest BCUT2D eigenvalue weighted by Gasteiger charge is -2.06. The first kappa shape index (κ1) is 15.0. The molecule has 0 aliphatic carbocycles. The number of nitro groups is 1. The van der Waals surface area contributed by atoms with Crippen molar-refractivity contribution in [3.8, 4) is 16.8 Å². The number of aromatic nitrogens is 2. The molecule has 0 amide bonds. The van der Waals surface area contributed by atoms with Crippen LogP contribution in [0.2, 0.25) is 0 Å². The van der Waals surface area contributed by atoms with Crippen LogP contribution in [-0.2, 0) is 0 Å². The van der Waals surface area contributed by atoms with E-state index in [1.54, 1.807) is 12.1 Å². The Morgan fingerprint density at radius 1 is 1.04 bits per heavy atom. The second kappa shape index (κ2) is 5.68. The number of benzene rings is 2. The average molecular weight is 307 g/mol. The number of nitrogens with zero attached hydrogens (tertiary/aromatic N) is 3. The average Bonchev–Trinajstić information content (AvgIpc) is 2.82. The molecule has 0 fully saturated rings. The van der Waals surface area contributed by atoms with Crippen LogP contribution >= 0.6 is 0 Å². The van der Waals surface area contributed by atoms with Crippen molar-refractivity contribution in [1.29, 1.82) is 0 Å². The van der Waals surface area contributed by atoms with Crippen molar-refractivity contribution in [1.82, 2.24) is 9.78 Å². The van der Waals surface area contributed by atoms with Gasteiger partial charge in [-0.3, -0.25) is 10.1 Å². The maximum Gasteiger partial charge on any atom is 0.270 e. The molecule has 0 atom stereocenters. The van der Waals surface area contributed by atoms with E-state index >= 15 is 0 Å².